The van der Waals surface area contributed by atoms with Gasteiger partial charge in [-0.1, -0.05) is 30.7 Å². The molecule has 2 unspecified atom stereocenters. The Kier molecular flexibility index (Phi) is 4.33. The zero-order chi connectivity index (χ0) is 14.9. The van der Waals surface area contributed by atoms with Crippen LogP contribution < -0.4 is 0 Å². The molecule has 0 saturated carbocycles. The van der Waals surface area contributed by atoms with E-state index in [9.17, 15) is 14.7 Å². The van der Waals surface area contributed by atoms with Crippen LogP contribution >= 0.6 is 11.6 Å². The van der Waals surface area contributed by atoms with E-state index in [0.717, 1.165) is 12.0 Å². The first-order valence-corrected chi connectivity index (χ1v) is 7.08. The van der Waals surface area contributed by atoms with Gasteiger partial charge in [0.1, 0.15) is 6.04 Å². The Bertz CT molecular complexity index is 544. The van der Waals surface area contributed by atoms with Crippen molar-refractivity contribution in [2.24, 2.45) is 5.92 Å². The SMILES string of the molecule is Cc1cccc(C(=O)N2CCC(C)CC2C(=O)O)c1Cl. The maximum Gasteiger partial charge on any atom is 0.326 e. The van der Waals surface area contributed by atoms with Gasteiger partial charge in [-0.15, -0.1) is 0 Å². The third-order valence-corrected chi connectivity index (χ3v) is 4.33. The molecule has 2 atom stereocenters. The highest BCUT2D eigenvalue weighted by molar-refractivity contribution is 6.34. The molecule has 5 heteroatoms. The maximum absolute atomic E-state index is 12.6. The lowest BCUT2D eigenvalue weighted by molar-refractivity contribution is -0.144. The Balaban J connectivity index is 2.31. The lowest BCUT2D eigenvalue weighted by Crippen LogP contribution is -2.49. The lowest BCUT2D eigenvalue weighted by atomic mass is 9.91. The number of nitrogens with zero attached hydrogens (tertiary/aromatic N) is 1. The van der Waals surface area contributed by atoms with Gasteiger partial charge in [-0.25, -0.2) is 4.79 Å². The molecule has 1 amide bonds. The number of carboxylic acids is 1. The minimum atomic E-state index is -0.950. The van der Waals surface area contributed by atoms with Gasteiger partial charge in [-0.3, -0.25) is 4.79 Å². The number of likely N-dealkylation sites (tertiary alicyclic amines) is 1. The minimum absolute atomic E-state index is 0.294. The van der Waals surface area contributed by atoms with Crippen molar-refractivity contribution < 1.29 is 14.7 Å². The summed E-state index contributed by atoms with van der Waals surface area (Å²) in [5.74, 6) is -0.931. The molecule has 1 heterocycles. The highest BCUT2D eigenvalue weighted by Crippen LogP contribution is 2.27. The van der Waals surface area contributed by atoms with Gasteiger partial charge in [0.25, 0.3) is 5.91 Å². The van der Waals surface area contributed by atoms with E-state index >= 15 is 0 Å². The number of aryl methyl sites for hydroxylation is 1. The number of piperidine rings is 1. The van der Waals surface area contributed by atoms with Gasteiger partial charge in [0.2, 0.25) is 0 Å². The van der Waals surface area contributed by atoms with Crippen molar-refractivity contribution in [1.29, 1.82) is 0 Å². The molecule has 1 aliphatic rings. The fourth-order valence-corrected chi connectivity index (χ4v) is 2.79. The predicted molar refractivity (Wildman–Crippen MR) is 77.0 cm³/mol. The highest BCUT2D eigenvalue weighted by atomic mass is 35.5. The van der Waals surface area contributed by atoms with Crippen LogP contribution in [-0.2, 0) is 4.79 Å². The molecule has 1 saturated heterocycles. The number of hydrogen-bond donors (Lipinski definition) is 1. The van der Waals surface area contributed by atoms with Crippen LogP contribution in [0.4, 0.5) is 0 Å². The van der Waals surface area contributed by atoms with E-state index in [1.807, 2.05) is 19.9 Å². The van der Waals surface area contributed by atoms with Gasteiger partial charge in [-0.2, -0.15) is 0 Å². The Labute approximate surface area is 123 Å². The molecule has 1 fully saturated rings. The molecular weight excluding hydrogens is 278 g/mol. The summed E-state index contributed by atoms with van der Waals surface area (Å²) in [5.41, 5.74) is 1.20. The molecule has 0 bridgehead atoms. The van der Waals surface area contributed by atoms with E-state index in [2.05, 4.69) is 0 Å². The standard InChI is InChI=1S/C15H18ClNO3/c1-9-6-7-17(12(8-9)15(19)20)14(18)11-5-3-4-10(2)13(11)16/h3-5,9,12H,6-8H2,1-2H3,(H,19,20). The Morgan fingerprint density at radius 2 is 2.10 bits per heavy atom. The summed E-state index contributed by atoms with van der Waals surface area (Å²) in [6.07, 6.45) is 1.31. The van der Waals surface area contributed by atoms with Crippen LogP contribution in [0.2, 0.25) is 5.02 Å². The molecule has 0 aromatic heterocycles. The van der Waals surface area contributed by atoms with Crippen molar-refractivity contribution in [1.82, 2.24) is 4.90 Å². The molecule has 0 aliphatic carbocycles. The van der Waals surface area contributed by atoms with Gasteiger partial charge in [-0.05, 0) is 37.3 Å². The molecule has 2 rings (SSSR count). The third-order valence-electron chi connectivity index (χ3n) is 3.83. The summed E-state index contributed by atoms with van der Waals surface area (Å²) in [6, 6.07) is 4.47. The topological polar surface area (TPSA) is 57.6 Å². The van der Waals surface area contributed by atoms with Crippen molar-refractivity contribution in [3.63, 3.8) is 0 Å². The largest absolute Gasteiger partial charge is 0.480 e. The zero-order valence-corrected chi connectivity index (χ0v) is 12.4. The Morgan fingerprint density at radius 1 is 1.40 bits per heavy atom. The molecule has 1 aromatic rings. The van der Waals surface area contributed by atoms with Gasteiger partial charge < -0.3 is 10.0 Å². The van der Waals surface area contributed by atoms with Crippen molar-refractivity contribution >= 4 is 23.5 Å². The monoisotopic (exact) mass is 295 g/mol. The molecule has 4 nitrogen and oxygen atoms in total. The number of benzene rings is 1. The van der Waals surface area contributed by atoms with Crippen molar-refractivity contribution in [3.8, 4) is 0 Å². The maximum atomic E-state index is 12.6. The molecule has 108 valence electrons. The number of aliphatic carboxylic acids is 1. The van der Waals surface area contributed by atoms with E-state index in [-0.39, 0.29) is 5.91 Å². The van der Waals surface area contributed by atoms with Crippen molar-refractivity contribution in [2.45, 2.75) is 32.7 Å². The summed E-state index contributed by atoms with van der Waals surface area (Å²) in [5, 5.41) is 9.72. The predicted octanol–water partition coefficient (Wildman–Crippen LogP) is 2.97. The first-order chi connectivity index (χ1) is 9.41. The quantitative estimate of drug-likeness (QED) is 0.912. The first kappa shape index (κ1) is 14.9. The average molecular weight is 296 g/mol. The van der Waals surface area contributed by atoms with E-state index in [1.165, 1.54) is 4.90 Å². The summed E-state index contributed by atoms with van der Waals surface area (Å²) in [6.45, 7) is 4.30. The van der Waals surface area contributed by atoms with Crippen LogP contribution in [0.5, 0.6) is 0 Å². The summed E-state index contributed by atoms with van der Waals surface area (Å²) in [7, 11) is 0. The third kappa shape index (κ3) is 2.80. The second-order valence-corrected chi connectivity index (χ2v) is 5.80. The number of amides is 1. The van der Waals surface area contributed by atoms with E-state index in [4.69, 9.17) is 11.6 Å². The number of halogens is 1. The van der Waals surface area contributed by atoms with Crippen LogP contribution in [0.3, 0.4) is 0 Å². The molecule has 0 radical (unpaired) electrons. The fraction of sp³-hybridized carbons (Fsp3) is 0.467. The Hall–Kier alpha value is -1.55. The van der Waals surface area contributed by atoms with E-state index in [0.29, 0.717) is 29.5 Å². The number of hydrogen-bond acceptors (Lipinski definition) is 2. The minimum Gasteiger partial charge on any atom is -0.480 e. The molecule has 20 heavy (non-hydrogen) atoms. The van der Waals surface area contributed by atoms with Crippen molar-refractivity contribution in [3.05, 3.63) is 34.3 Å². The molecule has 1 aromatic carbocycles. The van der Waals surface area contributed by atoms with Gasteiger partial charge >= 0.3 is 5.97 Å². The number of carboxylic acid groups (broad SMARTS) is 1. The Morgan fingerprint density at radius 3 is 2.75 bits per heavy atom. The molecule has 0 spiro atoms. The van der Waals surface area contributed by atoms with Crippen LogP contribution in [0, 0.1) is 12.8 Å². The van der Waals surface area contributed by atoms with Crippen LogP contribution in [0.1, 0.15) is 35.7 Å². The van der Waals surface area contributed by atoms with Crippen LogP contribution in [0.25, 0.3) is 0 Å². The summed E-state index contributed by atoms with van der Waals surface area (Å²) < 4.78 is 0. The second-order valence-electron chi connectivity index (χ2n) is 5.42. The second kappa shape index (κ2) is 5.83. The van der Waals surface area contributed by atoms with Gasteiger partial charge in [0.15, 0.2) is 0 Å². The lowest BCUT2D eigenvalue weighted by Gasteiger charge is -2.36. The molecule has 1 N–H and O–H groups in total. The summed E-state index contributed by atoms with van der Waals surface area (Å²) in [4.78, 5) is 25.4. The normalized spacial score (nSPS) is 22.6. The van der Waals surface area contributed by atoms with Crippen LogP contribution in [0.15, 0.2) is 18.2 Å². The fourth-order valence-electron chi connectivity index (χ4n) is 2.59. The van der Waals surface area contributed by atoms with E-state index in [1.54, 1.807) is 12.1 Å². The smallest absolute Gasteiger partial charge is 0.326 e. The van der Waals surface area contributed by atoms with Crippen LogP contribution in [-0.4, -0.2) is 34.5 Å². The van der Waals surface area contributed by atoms with Gasteiger partial charge in [0.05, 0.1) is 10.6 Å². The van der Waals surface area contributed by atoms with E-state index < -0.39 is 12.0 Å². The van der Waals surface area contributed by atoms with Crippen molar-refractivity contribution in [2.75, 3.05) is 6.54 Å². The highest BCUT2D eigenvalue weighted by Gasteiger charge is 2.35. The molecule has 1 aliphatic heterocycles. The molecular formula is C15H18ClNO3. The number of carbonyl (C=O) groups excluding carboxylic acids is 1. The first-order valence-electron chi connectivity index (χ1n) is 6.70. The number of carbonyl (C=O) groups is 2. The average Bonchev–Trinajstić information content (AvgIpc) is 2.41. The van der Waals surface area contributed by atoms with Gasteiger partial charge in [0, 0.05) is 6.54 Å². The summed E-state index contributed by atoms with van der Waals surface area (Å²) >= 11 is 6.17. The number of rotatable bonds is 2. The zero-order valence-electron chi connectivity index (χ0n) is 11.6.